The Morgan fingerprint density at radius 3 is 2.80 bits per heavy atom. The van der Waals surface area contributed by atoms with Crippen LogP contribution >= 0.6 is 11.6 Å². The van der Waals surface area contributed by atoms with Gasteiger partial charge < -0.3 is 15.2 Å². The molecule has 0 saturated heterocycles. The SMILES string of the molecule is CC(C(=O)N(C)C)n1cnc(-c2cc(Cl)nnc2N)c1. The molecule has 1 atom stereocenters. The van der Waals surface area contributed by atoms with Crippen LogP contribution in [0, 0.1) is 0 Å². The Morgan fingerprint density at radius 2 is 2.15 bits per heavy atom. The van der Waals surface area contributed by atoms with Gasteiger partial charge in [-0.25, -0.2) is 4.98 Å². The molecule has 7 nitrogen and oxygen atoms in total. The summed E-state index contributed by atoms with van der Waals surface area (Å²) in [6.45, 7) is 1.80. The third kappa shape index (κ3) is 2.72. The van der Waals surface area contributed by atoms with Crippen LogP contribution in [0.1, 0.15) is 13.0 Å². The molecule has 1 amide bonds. The van der Waals surface area contributed by atoms with E-state index in [4.69, 9.17) is 17.3 Å². The van der Waals surface area contributed by atoms with E-state index in [1.165, 1.54) is 4.90 Å². The van der Waals surface area contributed by atoms with Gasteiger partial charge in [-0.3, -0.25) is 4.79 Å². The maximum Gasteiger partial charge on any atom is 0.244 e. The molecule has 20 heavy (non-hydrogen) atoms. The Kier molecular flexibility index (Phi) is 3.89. The average molecular weight is 295 g/mol. The van der Waals surface area contributed by atoms with E-state index in [9.17, 15) is 4.79 Å². The van der Waals surface area contributed by atoms with Crippen molar-refractivity contribution in [2.75, 3.05) is 19.8 Å². The number of aromatic nitrogens is 4. The highest BCUT2D eigenvalue weighted by atomic mass is 35.5. The van der Waals surface area contributed by atoms with Crippen molar-refractivity contribution in [1.29, 1.82) is 0 Å². The van der Waals surface area contributed by atoms with E-state index in [2.05, 4.69) is 15.2 Å². The highest BCUT2D eigenvalue weighted by molar-refractivity contribution is 6.29. The highest BCUT2D eigenvalue weighted by Crippen LogP contribution is 2.25. The number of nitrogens with zero attached hydrogens (tertiary/aromatic N) is 5. The summed E-state index contributed by atoms with van der Waals surface area (Å²) in [5, 5.41) is 7.63. The van der Waals surface area contributed by atoms with Crippen LogP contribution in [0.15, 0.2) is 18.6 Å². The van der Waals surface area contributed by atoms with Crippen molar-refractivity contribution in [2.24, 2.45) is 0 Å². The number of nitrogens with two attached hydrogens (primary N) is 1. The second kappa shape index (κ2) is 5.46. The standard InChI is InChI=1S/C12H15ClN6O/c1-7(12(20)18(2)3)19-5-9(15-6-19)8-4-10(13)16-17-11(8)14/h4-7H,1-3H3,(H2,14,17). The number of likely N-dealkylation sites (N-methyl/N-ethyl adjacent to an activating group) is 1. The molecule has 8 heteroatoms. The van der Waals surface area contributed by atoms with Crippen LogP contribution in [0.4, 0.5) is 5.82 Å². The van der Waals surface area contributed by atoms with Gasteiger partial charge in [0.25, 0.3) is 0 Å². The van der Waals surface area contributed by atoms with E-state index >= 15 is 0 Å². The summed E-state index contributed by atoms with van der Waals surface area (Å²) in [6, 6.07) is 1.24. The highest BCUT2D eigenvalue weighted by Gasteiger charge is 2.18. The van der Waals surface area contributed by atoms with Gasteiger partial charge in [-0.15, -0.1) is 10.2 Å². The number of amides is 1. The first-order chi connectivity index (χ1) is 9.40. The third-order valence-electron chi connectivity index (χ3n) is 2.92. The summed E-state index contributed by atoms with van der Waals surface area (Å²) in [5.41, 5.74) is 6.94. The van der Waals surface area contributed by atoms with E-state index in [1.807, 2.05) is 0 Å². The number of anilines is 1. The summed E-state index contributed by atoms with van der Waals surface area (Å²) < 4.78 is 1.71. The van der Waals surface area contributed by atoms with Gasteiger partial charge in [0.15, 0.2) is 11.0 Å². The van der Waals surface area contributed by atoms with Crippen LogP contribution in [-0.2, 0) is 4.79 Å². The summed E-state index contributed by atoms with van der Waals surface area (Å²) in [4.78, 5) is 17.7. The van der Waals surface area contributed by atoms with E-state index in [0.29, 0.717) is 11.3 Å². The van der Waals surface area contributed by atoms with Crippen LogP contribution in [0.2, 0.25) is 5.15 Å². The van der Waals surface area contributed by atoms with Crippen LogP contribution in [0.25, 0.3) is 11.3 Å². The minimum absolute atomic E-state index is 0.0205. The minimum Gasteiger partial charge on any atom is -0.382 e. The summed E-state index contributed by atoms with van der Waals surface area (Å²) in [6.07, 6.45) is 3.31. The quantitative estimate of drug-likeness (QED) is 0.919. The molecule has 2 heterocycles. The molecular weight excluding hydrogens is 280 g/mol. The predicted octanol–water partition coefficient (Wildman–Crippen LogP) is 1.22. The van der Waals surface area contributed by atoms with Gasteiger partial charge in [-0.1, -0.05) is 11.6 Å². The van der Waals surface area contributed by atoms with E-state index in [1.54, 1.807) is 44.2 Å². The average Bonchev–Trinajstić information content (AvgIpc) is 2.89. The molecular formula is C12H15ClN6O. The molecule has 2 aromatic rings. The molecule has 0 bridgehead atoms. The lowest BCUT2D eigenvalue weighted by Gasteiger charge is -2.17. The van der Waals surface area contributed by atoms with Crippen molar-refractivity contribution < 1.29 is 4.79 Å². The van der Waals surface area contributed by atoms with Gasteiger partial charge in [0.1, 0.15) is 6.04 Å². The molecule has 2 rings (SSSR count). The number of hydrogen-bond donors (Lipinski definition) is 1. The zero-order chi connectivity index (χ0) is 14.9. The van der Waals surface area contributed by atoms with Crippen LogP contribution in [-0.4, -0.2) is 44.7 Å². The minimum atomic E-state index is -0.349. The number of carbonyl (C=O) groups excluding carboxylic acids is 1. The number of nitrogen functional groups attached to an aromatic ring is 1. The molecule has 0 aliphatic heterocycles. The van der Waals surface area contributed by atoms with Crippen molar-refractivity contribution in [2.45, 2.75) is 13.0 Å². The summed E-state index contributed by atoms with van der Waals surface area (Å²) in [5.74, 6) is 0.221. The van der Waals surface area contributed by atoms with Gasteiger partial charge >= 0.3 is 0 Å². The number of rotatable bonds is 3. The molecule has 0 radical (unpaired) electrons. The van der Waals surface area contributed by atoms with Crippen molar-refractivity contribution >= 4 is 23.3 Å². The number of carbonyl (C=O) groups is 1. The summed E-state index contributed by atoms with van der Waals surface area (Å²) in [7, 11) is 3.42. The summed E-state index contributed by atoms with van der Waals surface area (Å²) >= 11 is 5.80. The van der Waals surface area contributed by atoms with Gasteiger partial charge in [-0.2, -0.15) is 0 Å². The normalized spacial score (nSPS) is 12.2. The fourth-order valence-electron chi connectivity index (χ4n) is 1.77. The molecule has 2 N–H and O–H groups in total. The molecule has 0 spiro atoms. The largest absolute Gasteiger partial charge is 0.382 e. The first-order valence-electron chi connectivity index (χ1n) is 5.94. The lowest BCUT2D eigenvalue weighted by atomic mass is 10.2. The maximum atomic E-state index is 11.9. The van der Waals surface area contributed by atoms with Gasteiger partial charge in [-0.05, 0) is 13.0 Å². The Labute approximate surface area is 121 Å². The molecule has 0 aliphatic carbocycles. The topological polar surface area (TPSA) is 89.9 Å². The lowest BCUT2D eigenvalue weighted by molar-refractivity contribution is -0.131. The molecule has 0 aromatic carbocycles. The van der Waals surface area contributed by atoms with Gasteiger partial charge in [0.05, 0.1) is 12.0 Å². The molecule has 1 unspecified atom stereocenters. The molecule has 0 fully saturated rings. The van der Waals surface area contributed by atoms with Crippen LogP contribution in [0.3, 0.4) is 0 Å². The van der Waals surface area contributed by atoms with Crippen LogP contribution < -0.4 is 5.73 Å². The van der Waals surface area contributed by atoms with Crippen LogP contribution in [0.5, 0.6) is 0 Å². The first kappa shape index (κ1) is 14.3. The number of hydrogen-bond acceptors (Lipinski definition) is 5. The maximum absolute atomic E-state index is 11.9. The predicted molar refractivity (Wildman–Crippen MR) is 76.1 cm³/mol. The Bertz CT molecular complexity index is 639. The lowest BCUT2D eigenvalue weighted by Crippen LogP contribution is -2.29. The Balaban J connectivity index is 2.34. The van der Waals surface area contributed by atoms with E-state index in [-0.39, 0.29) is 22.9 Å². The molecule has 0 aliphatic rings. The monoisotopic (exact) mass is 294 g/mol. The van der Waals surface area contributed by atoms with Gasteiger partial charge in [0, 0.05) is 25.9 Å². The fourth-order valence-corrected chi connectivity index (χ4v) is 1.92. The first-order valence-corrected chi connectivity index (χ1v) is 6.31. The Hall–Kier alpha value is -2.15. The van der Waals surface area contributed by atoms with E-state index in [0.717, 1.165) is 0 Å². The molecule has 0 saturated carbocycles. The van der Waals surface area contributed by atoms with Crippen molar-refractivity contribution in [3.63, 3.8) is 0 Å². The van der Waals surface area contributed by atoms with Crippen molar-refractivity contribution in [3.05, 3.63) is 23.7 Å². The zero-order valence-corrected chi connectivity index (χ0v) is 12.2. The van der Waals surface area contributed by atoms with Crippen molar-refractivity contribution in [1.82, 2.24) is 24.6 Å². The number of halogens is 1. The zero-order valence-electron chi connectivity index (χ0n) is 11.4. The molecule has 2 aromatic heterocycles. The number of imidazole rings is 1. The molecule has 106 valence electrons. The van der Waals surface area contributed by atoms with Gasteiger partial charge in [0.2, 0.25) is 5.91 Å². The van der Waals surface area contributed by atoms with Crippen molar-refractivity contribution in [3.8, 4) is 11.3 Å². The fraction of sp³-hybridized carbons (Fsp3) is 0.333. The van der Waals surface area contributed by atoms with E-state index < -0.39 is 0 Å². The second-order valence-electron chi connectivity index (χ2n) is 4.58. The smallest absolute Gasteiger partial charge is 0.244 e. The third-order valence-corrected chi connectivity index (χ3v) is 3.10. The Morgan fingerprint density at radius 1 is 1.45 bits per heavy atom. The second-order valence-corrected chi connectivity index (χ2v) is 4.97.